The lowest BCUT2D eigenvalue weighted by molar-refractivity contribution is 1.17. The van der Waals surface area contributed by atoms with Gasteiger partial charge in [-0.2, -0.15) is 0 Å². The fourth-order valence-corrected chi connectivity index (χ4v) is 1.08. The first-order chi connectivity index (χ1) is 5.13. The monoisotopic (exact) mass is 150 g/mol. The number of aryl methyl sites for hydroxylation is 1. The maximum atomic E-state index is 10.9. The largest absolute Gasteiger partial charge is 0.758 e. The first-order valence-corrected chi connectivity index (χ1v) is 3.60. The van der Waals surface area contributed by atoms with Gasteiger partial charge in [0.25, 0.3) is 0 Å². The van der Waals surface area contributed by atoms with Crippen LogP contribution in [0.1, 0.15) is 11.1 Å². The van der Waals surface area contributed by atoms with Crippen molar-refractivity contribution >= 4 is 5.69 Å². The van der Waals surface area contributed by atoms with E-state index < -0.39 is 0 Å². The maximum Gasteiger partial charge on any atom is 0.0289 e. The number of hydroxylamine groups is 1. The molecule has 1 aromatic carbocycles. The summed E-state index contributed by atoms with van der Waals surface area (Å²) in [5.41, 5.74) is 2.97. The summed E-state index contributed by atoms with van der Waals surface area (Å²) in [6.45, 7) is 3.96. The van der Waals surface area contributed by atoms with E-state index in [4.69, 9.17) is 0 Å². The van der Waals surface area contributed by atoms with Crippen LogP contribution in [0.4, 0.5) is 5.69 Å². The van der Waals surface area contributed by atoms with Crippen LogP contribution >= 0.6 is 0 Å². The molecule has 1 rings (SSSR count). The van der Waals surface area contributed by atoms with Gasteiger partial charge in [0.05, 0.1) is 0 Å². The fourth-order valence-electron chi connectivity index (χ4n) is 1.08. The zero-order chi connectivity index (χ0) is 8.43. The van der Waals surface area contributed by atoms with E-state index in [0.29, 0.717) is 0 Å². The van der Waals surface area contributed by atoms with Gasteiger partial charge in [-0.25, -0.2) is 0 Å². The van der Waals surface area contributed by atoms with Crippen molar-refractivity contribution in [2.75, 3.05) is 12.1 Å². The predicted molar refractivity (Wildman–Crippen MR) is 47.7 cm³/mol. The number of rotatable bonds is 1. The number of benzene rings is 1. The Morgan fingerprint density at radius 1 is 1.27 bits per heavy atom. The lowest BCUT2D eigenvalue weighted by Gasteiger charge is -2.27. The normalized spacial score (nSPS) is 9.82. The molecule has 11 heavy (non-hydrogen) atoms. The summed E-state index contributed by atoms with van der Waals surface area (Å²) in [5, 5.41) is 11.8. The van der Waals surface area contributed by atoms with Crippen molar-refractivity contribution in [3.05, 3.63) is 34.5 Å². The molecule has 0 saturated carbocycles. The molecule has 0 fully saturated rings. The van der Waals surface area contributed by atoms with Crippen molar-refractivity contribution in [1.29, 1.82) is 0 Å². The van der Waals surface area contributed by atoms with Gasteiger partial charge in [0.15, 0.2) is 0 Å². The lowest BCUT2D eigenvalue weighted by Crippen LogP contribution is -2.07. The third-order valence-electron chi connectivity index (χ3n) is 1.92. The fraction of sp³-hybridized carbons (Fsp3) is 0.333. The molecular formula is C9H12NO-. The molecule has 1 aromatic rings. The van der Waals surface area contributed by atoms with Crippen molar-refractivity contribution in [3.8, 4) is 0 Å². The van der Waals surface area contributed by atoms with Gasteiger partial charge in [0, 0.05) is 5.69 Å². The highest BCUT2D eigenvalue weighted by atomic mass is 16.5. The van der Waals surface area contributed by atoms with Crippen LogP contribution in [-0.2, 0) is 0 Å². The topological polar surface area (TPSA) is 26.3 Å². The molecule has 0 aromatic heterocycles. The molecule has 0 radical (unpaired) electrons. The van der Waals surface area contributed by atoms with Crippen LogP contribution < -0.4 is 5.06 Å². The second kappa shape index (κ2) is 2.93. The molecule has 0 bridgehead atoms. The number of hydrogen-bond acceptors (Lipinski definition) is 2. The molecular weight excluding hydrogens is 138 g/mol. The zero-order valence-corrected chi connectivity index (χ0v) is 7.09. The third kappa shape index (κ3) is 1.52. The molecule has 0 atom stereocenters. The molecule has 0 heterocycles. The number of hydrogen-bond donors (Lipinski definition) is 0. The van der Waals surface area contributed by atoms with E-state index in [1.165, 1.54) is 7.05 Å². The Balaban J connectivity index is 3.17. The quantitative estimate of drug-likeness (QED) is 0.574. The van der Waals surface area contributed by atoms with E-state index in [2.05, 4.69) is 0 Å². The van der Waals surface area contributed by atoms with Gasteiger partial charge in [-0.05, 0) is 38.1 Å². The molecule has 2 nitrogen and oxygen atoms in total. The van der Waals surface area contributed by atoms with Crippen molar-refractivity contribution in [2.24, 2.45) is 0 Å². The average molecular weight is 150 g/mol. The minimum absolute atomic E-state index is 0.755. The number of nitrogens with zero attached hydrogens (tertiary/aromatic N) is 1. The van der Waals surface area contributed by atoms with Gasteiger partial charge in [0.1, 0.15) is 0 Å². The Labute approximate surface area is 67.0 Å². The Hall–Kier alpha value is -1.02. The van der Waals surface area contributed by atoms with E-state index in [0.717, 1.165) is 21.9 Å². The summed E-state index contributed by atoms with van der Waals surface area (Å²) >= 11 is 0. The van der Waals surface area contributed by atoms with Crippen molar-refractivity contribution in [2.45, 2.75) is 13.8 Å². The average Bonchev–Trinajstić information content (AvgIpc) is 1.94. The Morgan fingerprint density at radius 3 is 2.36 bits per heavy atom. The molecule has 2 heteroatoms. The summed E-state index contributed by atoms with van der Waals surface area (Å²) in [6.07, 6.45) is 0. The molecule has 0 N–H and O–H groups in total. The highest BCUT2D eigenvalue weighted by Gasteiger charge is 1.97. The van der Waals surface area contributed by atoms with Crippen LogP contribution in [0.5, 0.6) is 0 Å². The molecule has 0 aliphatic rings. The summed E-state index contributed by atoms with van der Waals surface area (Å²) in [5.74, 6) is 0. The number of anilines is 1. The molecule has 60 valence electrons. The van der Waals surface area contributed by atoms with E-state index in [1.54, 1.807) is 0 Å². The van der Waals surface area contributed by atoms with Crippen LogP contribution in [0, 0.1) is 19.1 Å². The molecule has 0 aliphatic heterocycles. The molecule has 0 amide bonds. The Morgan fingerprint density at radius 2 is 1.91 bits per heavy atom. The Kier molecular flexibility index (Phi) is 2.15. The predicted octanol–water partition coefficient (Wildman–Crippen LogP) is 2.24. The first kappa shape index (κ1) is 8.08. The van der Waals surface area contributed by atoms with Gasteiger partial charge in [-0.1, -0.05) is 12.1 Å². The summed E-state index contributed by atoms with van der Waals surface area (Å²) in [7, 11) is 1.52. The lowest BCUT2D eigenvalue weighted by atomic mass is 10.1. The Bertz CT molecular complexity index is 256. The second-order valence-electron chi connectivity index (χ2n) is 2.72. The van der Waals surface area contributed by atoms with Crippen molar-refractivity contribution in [1.82, 2.24) is 0 Å². The highest BCUT2D eigenvalue weighted by Crippen LogP contribution is 2.20. The van der Waals surface area contributed by atoms with Crippen molar-refractivity contribution < 1.29 is 0 Å². The van der Waals surface area contributed by atoms with E-state index in [9.17, 15) is 5.21 Å². The van der Waals surface area contributed by atoms with Gasteiger partial charge in [-0.15, -0.1) is 0 Å². The second-order valence-corrected chi connectivity index (χ2v) is 2.72. The highest BCUT2D eigenvalue weighted by molar-refractivity contribution is 5.55. The third-order valence-corrected chi connectivity index (χ3v) is 1.92. The van der Waals surface area contributed by atoms with Crippen LogP contribution in [0.25, 0.3) is 0 Å². The van der Waals surface area contributed by atoms with Crippen LogP contribution in [0.15, 0.2) is 18.2 Å². The van der Waals surface area contributed by atoms with E-state index >= 15 is 0 Å². The van der Waals surface area contributed by atoms with Crippen LogP contribution in [0.3, 0.4) is 0 Å². The summed E-state index contributed by atoms with van der Waals surface area (Å²) < 4.78 is 0. The van der Waals surface area contributed by atoms with Crippen molar-refractivity contribution in [3.63, 3.8) is 0 Å². The van der Waals surface area contributed by atoms with Crippen LogP contribution in [0.2, 0.25) is 0 Å². The summed E-state index contributed by atoms with van der Waals surface area (Å²) in [6, 6.07) is 5.73. The van der Waals surface area contributed by atoms with E-state index in [-0.39, 0.29) is 0 Å². The smallest absolute Gasteiger partial charge is 0.0289 e. The van der Waals surface area contributed by atoms with E-state index in [1.807, 2.05) is 32.0 Å². The zero-order valence-electron chi connectivity index (χ0n) is 7.09. The minimum Gasteiger partial charge on any atom is -0.758 e. The summed E-state index contributed by atoms with van der Waals surface area (Å²) in [4.78, 5) is 0. The first-order valence-electron chi connectivity index (χ1n) is 3.60. The molecule has 0 aliphatic carbocycles. The van der Waals surface area contributed by atoms with Gasteiger partial charge in [-0.3, -0.25) is 0 Å². The van der Waals surface area contributed by atoms with Gasteiger partial charge in [0.2, 0.25) is 0 Å². The van der Waals surface area contributed by atoms with Gasteiger partial charge >= 0.3 is 0 Å². The maximum absolute atomic E-state index is 10.9. The molecule has 0 unspecified atom stereocenters. The van der Waals surface area contributed by atoms with Crippen LogP contribution in [-0.4, -0.2) is 7.05 Å². The molecule has 0 spiro atoms. The van der Waals surface area contributed by atoms with Gasteiger partial charge < -0.3 is 10.3 Å². The standard InChI is InChI=1S/C9H12NO/c1-7-5-4-6-9(8(7)2)10(3)11/h4-6H,1-3H3/q-1. The minimum atomic E-state index is 0.755. The molecule has 0 saturated heterocycles. The SMILES string of the molecule is Cc1cccc(N(C)[O-])c1C.